The molecular weight excluding hydrogens is 436 g/mol. The summed E-state index contributed by atoms with van der Waals surface area (Å²) >= 11 is 6.03. The van der Waals surface area contributed by atoms with Crippen LogP contribution in [-0.4, -0.2) is 20.3 Å². The molecule has 4 aromatic rings. The summed E-state index contributed by atoms with van der Waals surface area (Å²) in [5, 5.41) is 10.5. The quantitative estimate of drug-likeness (QED) is 0.425. The molecule has 1 heterocycles. The fourth-order valence-corrected chi connectivity index (χ4v) is 4.38. The third-order valence-electron chi connectivity index (χ3n) is 6.24. The van der Waals surface area contributed by atoms with Gasteiger partial charge < -0.3 is 5.32 Å². The highest BCUT2D eigenvalue weighted by atomic mass is 35.5. The van der Waals surface area contributed by atoms with Crippen LogP contribution in [0.15, 0.2) is 71.5 Å². The molecule has 1 saturated carbocycles. The zero-order valence-electron chi connectivity index (χ0n) is 18.5. The molecule has 7 heteroatoms. The Morgan fingerprint density at radius 2 is 1.73 bits per heavy atom. The van der Waals surface area contributed by atoms with E-state index < -0.39 is 6.04 Å². The van der Waals surface area contributed by atoms with Crippen molar-refractivity contribution in [3.63, 3.8) is 0 Å². The van der Waals surface area contributed by atoms with Crippen LogP contribution in [0.3, 0.4) is 0 Å². The zero-order chi connectivity index (χ0) is 23.1. The van der Waals surface area contributed by atoms with Gasteiger partial charge >= 0.3 is 5.69 Å². The van der Waals surface area contributed by atoms with E-state index >= 15 is 0 Å². The van der Waals surface area contributed by atoms with Crippen molar-refractivity contribution >= 4 is 28.3 Å². The molecule has 0 spiro atoms. The average molecular weight is 461 g/mol. The van der Waals surface area contributed by atoms with E-state index in [2.05, 4.69) is 28.6 Å². The summed E-state index contributed by atoms with van der Waals surface area (Å²) in [7, 11) is 0. The van der Waals surface area contributed by atoms with Crippen molar-refractivity contribution in [2.24, 2.45) is 0 Å². The van der Waals surface area contributed by atoms with Crippen LogP contribution in [0, 0.1) is 0 Å². The van der Waals surface area contributed by atoms with Crippen molar-refractivity contribution in [1.82, 2.24) is 19.7 Å². The molecule has 1 N–H and O–H groups in total. The first-order valence-corrected chi connectivity index (χ1v) is 11.6. The van der Waals surface area contributed by atoms with Gasteiger partial charge in [-0.25, -0.2) is 9.48 Å². The maximum Gasteiger partial charge on any atom is 0.347 e. The Bertz CT molecular complexity index is 1380. The van der Waals surface area contributed by atoms with E-state index in [4.69, 9.17) is 11.6 Å². The topological polar surface area (TPSA) is 68.9 Å². The third-order valence-corrected chi connectivity index (χ3v) is 6.49. The van der Waals surface area contributed by atoms with Crippen molar-refractivity contribution in [2.45, 2.75) is 44.8 Å². The molecule has 0 aliphatic heterocycles. The number of nitrogens with zero attached hydrogens (tertiary/aromatic N) is 3. The van der Waals surface area contributed by atoms with E-state index in [1.165, 1.54) is 4.68 Å². The van der Waals surface area contributed by atoms with Crippen LogP contribution in [0.2, 0.25) is 5.02 Å². The van der Waals surface area contributed by atoms with Crippen LogP contribution >= 0.6 is 11.6 Å². The molecule has 6 nitrogen and oxygen atoms in total. The molecule has 1 aliphatic carbocycles. The monoisotopic (exact) mass is 460 g/mol. The lowest BCUT2D eigenvalue weighted by atomic mass is 9.99. The molecule has 3 aromatic carbocycles. The maximum absolute atomic E-state index is 13.2. The number of carbonyl (C=O) groups is 1. The summed E-state index contributed by atoms with van der Waals surface area (Å²) in [6.45, 7) is 3.67. The Morgan fingerprint density at radius 1 is 1.03 bits per heavy atom. The fourth-order valence-electron chi connectivity index (χ4n) is 4.25. The SMILES string of the molecule is CC(NC(=O)C(C)n1nc(-c2ccc(Cl)cc2)n(C2CC2)c1=O)c1cccc2ccccc12. The number of fused-ring (bicyclic) bond motifs is 1. The Kier molecular flexibility index (Phi) is 5.54. The minimum Gasteiger partial charge on any atom is -0.348 e. The van der Waals surface area contributed by atoms with E-state index in [1.54, 1.807) is 23.6 Å². The van der Waals surface area contributed by atoms with Gasteiger partial charge in [0.25, 0.3) is 0 Å². The molecule has 0 bridgehead atoms. The van der Waals surface area contributed by atoms with E-state index in [1.807, 2.05) is 43.3 Å². The van der Waals surface area contributed by atoms with Gasteiger partial charge in [-0.2, -0.15) is 0 Å². The zero-order valence-corrected chi connectivity index (χ0v) is 19.3. The Labute approximate surface area is 196 Å². The van der Waals surface area contributed by atoms with Crippen molar-refractivity contribution in [2.75, 3.05) is 0 Å². The molecule has 168 valence electrons. The summed E-state index contributed by atoms with van der Waals surface area (Å²) in [6, 6.07) is 20.6. The summed E-state index contributed by atoms with van der Waals surface area (Å²) in [4.78, 5) is 26.4. The molecule has 1 aliphatic rings. The third kappa shape index (κ3) is 4.07. The minimum absolute atomic E-state index is 0.127. The van der Waals surface area contributed by atoms with Gasteiger partial charge in [-0.1, -0.05) is 54.1 Å². The Hall–Kier alpha value is -3.38. The highest BCUT2D eigenvalue weighted by Gasteiger charge is 2.32. The number of halogens is 1. The number of aromatic nitrogens is 3. The van der Waals surface area contributed by atoms with Crippen molar-refractivity contribution in [3.05, 3.63) is 87.8 Å². The number of carbonyl (C=O) groups excluding carboxylic acids is 1. The Balaban J connectivity index is 1.44. The van der Waals surface area contributed by atoms with Crippen molar-refractivity contribution < 1.29 is 4.79 Å². The number of rotatable bonds is 6. The second-order valence-corrected chi connectivity index (χ2v) is 9.07. The van der Waals surface area contributed by atoms with Crippen molar-refractivity contribution in [3.8, 4) is 11.4 Å². The van der Waals surface area contributed by atoms with Gasteiger partial charge in [0.05, 0.1) is 6.04 Å². The van der Waals surface area contributed by atoms with Crippen LogP contribution < -0.4 is 11.0 Å². The van der Waals surface area contributed by atoms with Crippen LogP contribution in [0.1, 0.15) is 50.4 Å². The molecule has 0 radical (unpaired) electrons. The van der Waals surface area contributed by atoms with Gasteiger partial charge in [0.15, 0.2) is 5.82 Å². The van der Waals surface area contributed by atoms with Crippen LogP contribution in [0.25, 0.3) is 22.2 Å². The average Bonchev–Trinajstić information content (AvgIpc) is 3.60. The lowest BCUT2D eigenvalue weighted by molar-refractivity contribution is -0.124. The normalized spacial score (nSPS) is 15.4. The predicted molar refractivity (Wildman–Crippen MR) is 130 cm³/mol. The van der Waals surface area contributed by atoms with E-state index in [0.29, 0.717) is 10.8 Å². The highest BCUT2D eigenvalue weighted by molar-refractivity contribution is 6.30. The molecule has 2 atom stereocenters. The second kappa shape index (κ2) is 8.52. The van der Waals surface area contributed by atoms with Gasteiger partial charge in [-0.3, -0.25) is 9.36 Å². The van der Waals surface area contributed by atoms with E-state index in [9.17, 15) is 9.59 Å². The van der Waals surface area contributed by atoms with Crippen LogP contribution in [-0.2, 0) is 4.79 Å². The summed E-state index contributed by atoms with van der Waals surface area (Å²) < 4.78 is 3.01. The Morgan fingerprint density at radius 3 is 2.45 bits per heavy atom. The van der Waals surface area contributed by atoms with Crippen molar-refractivity contribution in [1.29, 1.82) is 0 Å². The van der Waals surface area contributed by atoms with Gasteiger partial charge in [-0.15, -0.1) is 5.10 Å². The smallest absolute Gasteiger partial charge is 0.347 e. The summed E-state index contributed by atoms with van der Waals surface area (Å²) in [5.74, 6) is 0.321. The molecule has 1 fully saturated rings. The first-order valence-electron chi connectivity index (χ1n) is 11.2. The summed E-state index contributed by atoms with van der Waals surface area (Å²) in [6.07, 6.45) is 1.87. The molecule has 1 aromatic heterocycles. The lowest BCUT2D eigenvalue weighted by Crippen LogP contribution is -2.38. The largest absolute Gasteiger partial charge is 0.348 e. The first kappa shape index (κ1) is 21.5. The minimum atomic E-state index is -0.749. The molecule has 2 unspecified atom stereocenters. The molecule has 1 amide bonds. The van der Waals surface area contributed by atoms with Gasteiger partial charge in [0, 0.05) is 16.6 Å². The van der Waals surface area contributed by atoms with E-state index in [0.717, 1.165) is 34.7 Å². The van der Waals surface area contributed by atoms with Crippen LogP contribution in [0.5, 0.6) is 0 Å². The number of hydrogen-bond acceptors (Lipinski definition) is 3. The first-order chi connectivity index (χ1) is 15.9. The number of nitrogens with one attached hydrogen (secondary N) is 1. The highest BCUT2D eigenvalue weighted by Crippen LogP contribution is 2.37. The van der Waals surface area contributed by atoms with Gasteiger partial charge in [0.2, 0.25) is 5.91 Å². The molecule has 5 rings (SSSR count). The summed E-state index contributed by atoms with van der Waals surface area (Å²) in [5.41, 5.74) is 1.58. The second-order valence-electron chi connectivity index (χ2n) is 8.63. The molecule has 33 heavy (non-hydrogen) atoms. The number of amides is 1. The fraction of sp³-hybridized carbons (Fsp3) is 0.269. The standard InChI is InChI=1S/C26H25ClN4O2/c1-16(22-9-5-7-18-6-3-4-8-23(18)22)28-25(32)17(2)31-26(33)30(21-14-15-21)24(29-31)19-10-12-20(27)13-11-19/h3-13,16-17,21H,14-15H2,1-2H3,(H,28,32). The molecule has 0 saturated heterocycles. The van der Waals surface area contributed by atoms with Gasteiger partial charge in [-0.05, 0) is 67.3 Å². The maximum atomic E-state index is 13.2. The molecular formula is C26H25ClN4O2. The number of benzene rings is 3. The van der Waals surface area contributed by atoms with E-state index in [-0.39, 0.29) is 23.7 Å². The predicted octanol–water partition coefficient (Wildman–Crippen LogP) is 5.29. The lowest BCUT2D eigenvalue weighted by Gasteiger charge is -2.19. The van der Waals surface area contributed by atoms with Crippen LogP contribution in [0.4, 0.5) is 0 Å². The van der Waals surface area contributed by atoms with Gasteiger partial charge in [0.1, 0.15) is 6.04 Å². The number of hydrogen-bond donors (Lipinski definition) is 1.